The molecule has 3 nitrogen and oxygen atoms in total. The van der Waals surface area contributed by atoms with E-state index in [1.54, 1.807) is 0 Å². The van der Waals surface area contributed by atoms with Crippen LogP contribution in [0.15, 0.2) is 42.5 Å². The Kier molecular flexibility index (Phi) is 5.06. The lowest BCUT2D eigenvalue weighted by atomic mass is 10.1. The third-order valence-electron chi connectivity index (χ3n) is 4.41. The predicted octanol–water partition coefficient (Wildman–Crippen LogP) is 4.05. The van der Waals surface area contributed by atoms with Gasteiger partial charge >= 0.3 is 0 Å². The molecule has 0 radical (unpaired) electrons. The van der Waals surface area contributed by atoms with Crippen molar-refractivity contribution in [1.82, 2.24) is 0 Å². The number of hydrogen-bond donors (Lipinski definition) is 1. The number of benzene rings is 2. The molecule has 2 aromatic rings. The van der Waals surface area contributed by atoms with E-state index in [2.05, 4.69) is 48.2 Å². The predicted molar refractivity (Wildman–Crippen MR) is 97.3 cm³/mol. The molecule has 0 amide bonds. The zero-order valence-corrected chi connectivity index (χ0v) is 13.9. The molecule has 1 heterocycles. The summed E-state index contributed by atoms with van der Waals surface area (Å²) in [5, 5.41) is 0. The highest BCUT2D eigenvalue weighted by Crippen LogP contribution is 2.28. The van der Waals surface area contributed by atoms with Crippen molar-refractivity contribution < 1.29 is 4.74 Å². The smallest absolute Gasteiger partial charge is 0.142 e. The van der Waals surface area contributed by atoms with Crippen molar-refractivity contribution in [3.63, 3.8) is 0 Å². The number of hydrogen-bond acceptors (Lipinski definition) is 3. The highest BCUT2D eigenvalue weighted by atomic mass is 16.5. The summed E-state index contributed by atoms with van der Waals surface area (Å²) < 4.78 is 5.63. The first kappa shape index (κ1) is 15.7. The molecule has 0 saturated heterocycles. The topological polar surface area (TPSA) is 38.5 Å². The van der Waals surface area contributed by atoms with Gasteiger partial charge in [-0.25, -0.2) is 0 Å². The van der Waals surface area contributed by atoms with E-state index in [9.17, 15) is 0 Å². The number of nitrogens with zero attached hydrogens (tertiary/aromatic N) is 1. The van der Waals surface area contributed by atoms with E-state index in [1.165, 1.54) is 23.2 Å². The molecule has 122 valence electrons. The Morgan fingerprint density at radius 3 is 2.87 bits per heavy atom. The minimum Gasteiger partial charge on any atom is -0.491 e. The number of rotatable bonds is 7. The monoisotopic (exact) mass is 310 g/mol. The minimum atomic E-state index is 0.720. The molecule has 1 aliphatic rings. The average Bonchev–Trinajstić information content (AvgIpc) is 2.98. The van der Waals surface area contributed by atoms with Gasteiger partial charge in [0.05, 0.1) is 12.3 Å². The molecule has 0 bridgehead atoms. The zero-order valence-electron chi connectivity index (χ0n) is 13.9. The molecule has 2 N–H and O–H groups in total. The van der Waals surface area contributed by atoms with E-state index in [0.29, 0.717) is 0 Å². The van der Waals surface area contributed by atoms with Gasteiger partial charge in [-0.2, -0.15) is 0 Å². The van der Waals surface area contributed by atoms with Crippen LogP contribution in [0.2, 0.25) is 0 Å². The number of nitrogen functional groups attached to an aromatic ring is 1. The Hall–Kier alpha value is -2.16. The van der Waals surface area contributed by atoms with E-state index >= 15 is 0 Å². The number of nitrogens with two attached hydrogens (primary N) is 1. The lowest BCUT2D eigenvalue weighted by Crippen LogP contribution is -2.22. The number of anilines is 2. The van der Waals surface area contributed by atoms with Crippen molar-refractivity contribution >= 4 is 11.4 Å². The fraction of sp³-hybridized carbons (Fsp3) is 0.400. The Morgan fingerprint density at radius 1 is 1.17 bits per heavy atom. The van der Waals surface area contributed by atoms with Crippen molar-refractivity contribution in [1.29, 1.82) is 0 Å². The van der Waals surface area contributed by atoms with Crippen LogP contribution in [0.5, 0.6) is 5.75 Å². The standard InChI is InChI=1S/C20H26N2O/c1-2-14-23-20-10-9-16(15-18(20)21)6-5-12-22-13-11-17-7-3-4-8-19(17)22/h3-4,7-10,15H,2,5-6,11-14,21H2,1H3. The van der Waals surface area contributed by atoms with Crippen LogP contribution >= 0.6 is 0 Å². The lowest BCUT2D eigenvalue weighted by molar-refractivity contribution is 0.319. The van der Waals surface area contributed by atoms with Gasteiger partial charge in [-0.3, -0.25) is 0 Å². The van der Waals surface area contributed by atoms with E-state index in [4.69, 9.17) is 10.5 Å². The summed E-state index contributed by atoms with van der Waals surface area (Å²) in [7, 11) is 0. The molecule has 2 aromatic carbocycles. The molecule has 0 aliphatic carbocycles. The first-order valence-electron chi connectivity index (χ1n) is 8.62. The fourth-order valence-corrected chi connectivity index (χ4v) is 3.21. The second-order valence-corrected chi connectivity index (χ2v) is 6.19. The quantitative estimate of drug-likeness (QED) is 0.784. The summed E-state index contributed by atoms with van der Waals surface area (Å²) in [6.45, 7) is 5.06. The molecule has 3 rings (SSSR count). The second-order valence-electron chi connectivity index (χ2n) is 6.19. The van der Waals surface area contributed by atoms with Gasteiger partial charge in [-0.1, -0.05) is 31.2 Å². The first-order valence-corrected chi connectivity index (χ1v) is 8.62. The van der Waals surface area contributed by atoms with Crippen LogP contribution in [0.4, 0.5) is 11.4 Å². The van der Waals surface area contributed by atoms with Crippen molar-refractivity contribution in [2.75, 3.05) is 30.3 Å². The summed E-state index contributed by atoms with van der Waals surface area (Å²) in [4.78, 5) is 2.50. The first-order chi connectivity index (χ1) is 11.3. The van der Waals surface area contributed by atoms with Gasteiger partial charge in [-0.05, 0) is 55.0 Å². The summed E-state index contributed by atoms with van der Waals surface area (Å²) >= 11 is 0. The molecule has 23 heavy (non-hydrogen) atoms. The highest BCUT2D eigenvalue weighted by Gasteiger charge is 2.17. The number of fused-ring (bicyclic) bond motifs is 1. The molecule has 0 atom stereocenters. The van der Waals surface area contributed by atoms with Crippen molar-refractivity contribution in [3.8, 4) is 5.75 Å². The summed E-state index contributed by atoms with van der Waals surface area (Å²) in [5.74, 6) is 0.809. The average molecular weight is 310 g/mol. The molecular weight excluding hydrogens is 284 g/mol. The molecule has 0 spiro atoms. The summed E-state index contributed by atoms with van der Waals surface area (Å²) in [5.41, 5.74) is 11.0. The van der Waals surface area contributed by atoms with Crippen molar-refractivity contribution in [2.45, 2.75) is 32.6 Å². The van der Waals surface area contributed by atoms with Gasteiger partial charge in [0.15, 0.2) is 0 Å². The second kappa shape index (κ2) is 7.40. The van der Waals surface area contributed by atoms with Gasteiger partial charge in [0, 0.05) is 18.8 Å². The van der Waals surface area contributed by atoms with Gasteiger partial charge < -0.3 is 15.4 Å². The molecule has 0 saturated carbocycles. The number of para-hydroxylation sites is 1. The Balaban J connectivity index is 1.52. The van der Waals surface area contributed by atoms with E-state index < -0.39 is 0 Å². The molecule has 0 fully saturated rings. The zero-order chi connectivity index (χ0) is 16.1. The minimum absolute atomic E-state index is 0.720. The van der Waals surface area contributed by atoms with Crippen LogP contribution in [0.1, 0.15) is 30.9 Å². The van der Waals surface area contributed by atoms with Crippen LogP contribution in [-0.2, 0) is 12.8 Å². The van der Waals surface area contributed by atoms with Crippen molar-refractivity contribution in [3.05, 3.63) is 53.6 Å². The fourth-order valence-electron chi connectivity index (χ4n) is 3.21. The summed E-state index contributed by atoms with van der Waals surface area (Å²) in [6.07, 6.45) is 4.37. The SMILES string of the molecule is CCCOc1ccc(CCCN2CCc3ccccc32)cc1N. The maximum atomic E-state index is 6.08. The molecule has 3 heteroatoms. The Morgan fingerprint density at radius 2 is 2.04 bits per heavy atom. The van der Waals surface area contributed by atoms with Gasteiger partial charge in [0.25, 0.3) is 0 Å². The Bertz CT molecular complexity index is 654. The van der Waals surface area contributed by atoms with Crippen LogP contribution in [0, 0.1) is 0 Å². The molecule has 0 aromatic heterocycles. The van der Waals surface area contributed by atoms with Gasteiger partial charge in [0.2, 0.25) is 0 Å². The molecule has 1 aliphatic heterocycles. The number of ether oxygens (including phenoxy) is 1. The van der Waals surface area contributed by atoms with Crippen LogP contribution in [-0.4, -0.2) is 19.7 Å². The maximum absolute atomic E-state index is 6.08. The van der Waals surface area contributed by atoms with Crippen LogP contribution in [0.25, 0.3) is 0 Å². The highest BCUT2D eigenvalue weighted by molar-refractivity contribution is 5.58. The Labute approximate surface area is 139 Å². The van der Waals surface area contributed by atoms with E-state index in [0.717, 1.165) is 50.4 Å². The van der Waals surface area contributed by atoms with Gasteiger partial charge in [-0.15, -0.1) is 0 Å². The van der Waals surface area contributed by atoms with E-state index in [-0.39, 0.29) is 0 Å². The van der Waals surface area contributed by atoms with Crippen LogP contribution in [0.3, 0.4) is 0 Å². The normalized spacial score (nSPS) is 13.2. The third kappa shape index (κ3) is 3.79. The summed E-state index contributed by atoms with van der Waals surface area (Å²) in [6, 6.07) is 14.9. The van der Waals surface area contributed by atoms with E-state index in [1.807, 2.05) is 6.07 Å². The van der Waals surface area contributed by atoms with Crippen molar-refractivity contribution in [2.24, 2.45) is 0 Å². The third-order valence-corrected chi connectivity index (χ3v) is 4.41. The number of aryl methyl sites for hydroxylation is 1. The van der Waals surface area contributed by atoms with Gasteiger partial charge in [0.1, 0.15) is 5.75 Å². The maximum Gasteiger partial charge on any atom is 0.142 e. The molecular formula is C20H26N2O. The van der Waals surface area contributed by atoms with Crippen LogP contribution < -0.4 is 15.4 Å². The largest absolute Gasteiger partial charge is 0.491 e. The lowest BCUT2D eigenvalue weighted by Gasteiger charge is -2.19. The molecule has 0 unspecified atom stereocenters.